The third-order valence-corrected chi connectivity index (χ3v) is 3.99. The fraction of sp³-hybridized carbons (Fsp3) is 0.750. The molecular weight excluding hydrogens is 204 g/mol. The average Bonchev–Trinajstić information content (AvgIpc) is 2.59. The summed E-state index contributed by atoms with van der Waals surface area (Å²) in [6, 6.07) is 0. The summed E-state index contributed by atoms with van der Waals surface area (Å²) < 4.78 is 0. The number of aromatic nitrogens is 1. The van der Waals surface area contributed by atoms with E-state index < -0.39 is 0 Å². The lowest BCUT2D eigenvalue weighted by molar-refractivity contribution is 0.584. The van der Waals surface area contributed by atoms with Crippen LogP contribution in [0.25, 0.3) is 0 Å². The van der Waals surface area contributed by atoms with Gasteiger partial charge in [-0.2, -0.15) is 0 Å². The first-order chi connectivity index (χ1) is 7.16. The smallest absolute Gasteiger partial charge is 0.183 e. The molecule has 15 heavy (non-hydrogen) atoms. The van der Waals surface area contributed by atoms with Gasteiger partial charge in [0.2, 0.25) is 0 Å². The Kier molecular flexibility index (Phi) is 3.29. The van der Waals surface area contributed by atoms with E-state index in [1.807, 2.05) is 11.3 Å². The van der Waals surface area contributed by atoms with Gasteiger partial charge < -0.3 is 5.32 Å². The topological polar surface area (TPSA) is 24.9 Å². The third kappa shape index (κ3) is 2.51. The molecule has 0 radical (unpaired) electrons. The van der Waals surface area contributed by atoms with E-state index in [9.17, 15) is 0 Å². The second kappa shape index (κ2) is 4.52. The molecule has 1 aliphatic rings. The molecule has 1 N–H and O–H groups in total. The van der Waals surface area contributed by atoms with E-state index in [4.69, 9.17) is 4.98 Å². The van der Waals surface area contributed by atoms with E-state index in [-0.39, 0.29) is 0 Å². The summed E-state index contributed by atoms with van der Waals surface area (Å²) in [4.78, 5) is 6.23. The van der Waals surface area contributed by atoms with Crippen LogP contribution in [-0.2, 0) is 6.42 Å². The molecule has 0 aliphatic heterocycles. The van der Waals surface area contributed by atoms with Crippen LogP contribution in [-0.4, -0.2) is 11.5 Å². The number of hydrogen-bond donors (Lipinski definition) is 1. The van der Waals surface area contributed by atoms with Crippen LogP contribution >= 0.6 is 11.3 Å². The molecular formula is C12H20N2S. The number of nitrogens with one attached hydrogen (secondary N) is 1. The minimum Gasteiger partial charge on any atom is -0.361 e. The van der Waals surface area contributed by atoms with Crippen LogP contribution in [0.5, 0.6) is 0 Å². The highest BCUT2D eigenvalue weighted by molar-refractivity contribution is 7.15. The molecule has 0 fully saturated rings. The standard InChI is InChI=1S/C12H20N2S/c1-8(2)7-13-12-14-11-9(3)5-4-6-10(11)15-12/h8-9H,4-7H2,1-3H3,(H,13,14). The molecule has 2 rings (SSSR count). The Hall–Kier alpha value is -0.570. The molecule has 0 saturated heterocycles. The van der Waals surface area contributed by atoms with Crippen molar-refractivity contribution in [2.45, 2.75) is 46.0 Å². The summed E-state index contributed by atoms with van der Waals surface area (Å²) in [6.45, 7) is 7.77. The van der Waals surface area contributed by atoms with Crippen LogP contribution in [0, 0.1) is 5.92 Å². The lowest BCUT2D eigenvalue weighted by atomic mass is 9.93. The number of nitrogens with zero attached hydrogens (tertiary/aromatic N) is 1. The molecule has 1 aliphatic carbocycles. The van der Waals surface area contributed by atoms with Crippen molar-refractivity contribution in [3.8, 4) is 0 Å². The van der Waals surface area contributed by atoms with E-state index in [0.29, 0.717) is 11.8 Å². The predicted octanol–water partition coefficient (Wildman–Crippen LogP) is 3.65. The van der Waals surface area contributed by atoms with Crippen molar-refractivity contribution < 1.29 is 0 Å². The molecule has 0 amide bonds. The van der Waals surface area contributed by atoms with Crippen molar-refractivity contribution in [1.82, 2.24) is 4.98 Å². The van der Waals surface area contributed by atoms with Gasteiger partial charge in [0.15, 0.2) is 5.13 Å². The monoisotopic (exact) mass is 224 g/mol. The molecule has 1 aromatic heterocycles. The summed E-state index contributed by atoms with van der Waals surface area (Å²) in [7, 11) is 0. The number of thiazole rings is 1. The Labute approximate surface area is 96.1 Å². The van der Waals surface area contributed by atoms with E-state index in [0.717, 1.165) is 11.7 Å². The van der Waals surface area contributed by atoms with Crippen molar-refractivity contribution in [3.05, 3.63) is 10.6 Å². The van der Waals surface area contributed by atoms with Crippen LogP contribution < -0.4 is 5.32 Å². The first-order valence-corrected chi connectivity index (χ1v) is 6.72. The summed E-state index contributed by atoms with van der Waals surface area (Å²) in [5.74, 6) is 1.35. The first-order valence-electron chi connectivity index (χ1n) is 5.90. The Balaban J connectivity index is 2.08. The van der Waals surface area contributed by atoms with Crippen LogP contribution in [0.2, 0.25) is 0 Å². The molecule has 1 unspecified atom stereocenters. The fourth-order valence-corrected chi connectivity index (χ4v) is 3.13. The summed E-state index contributed by atoms with van der Waals surface area (Å²) in [6.07, 6.45) is 3.88. The highest BCUT2D eigenvalue weighted by Crippen LogP contribution is 2.36. The predicted molar refractivity (Wildman–Crippen MR) is 66.8 cm³/mol. The first kappa shape index (κ1) is 10.9. The van der Waals surface area contributed by atoms with Crippen molar-refractivity contribution in [1.29, 1.82) is 0 Å². The second-order valence-corrected chi connectivity index (χ2v) is 5.98. The number of hydrogen-bond acceptors (Lipinski definition) is 3. The summed E-state index contributed by atoms with van der Waals surface area (Å²) >= 11 is 1.86. The lowest BCUT2D eigenvalue weighted by Gasteiger charge is -2.15. The maximum atomic E-state index is 4.71. The van der Waals surface area contributed by atoms with Crippen molar-refractivity contribution in [3.63, 3.8) is 0 Å². The molecule has 0 spiro atoms. The van der Waals surface area contributed by atoms with Gasteiger partial charge in [0.1, 0.15) is 0 Å². The van der Waals surface area contributed by atoms with E-state index in [2.05, 4.69) is 26.1 Å². The van der Waals surface area contributed by atoms with Gasteiger partial charge in [0.25, 0.3) is 0 Å². The molecule has 0 saturated carbocycles. The number of rotatable bonds is 3. The van der Waals surface area contributed by atoms with Crippen molar-refractivity contribution in [2.24, 2.45) is 5.92 Å². The molecule has 3 heteroatoms. The minimum absolute atomic E-state index is 0.666. The van der Waals surface area contributed by atoms with Crippen LogP contribution in [0.3, 0.4) is 0 Å². The van der Waals surface area contributed by atoms with E-state index in [1.54, 1.807) is 0 Å². The van der Waals surface area contributed by atoms with Crippen LogP contribution in [0.1, 0.15) is 50.1 Å². The van der Waals surface area contributed by atoms with E-state index >= 15 is 0 Å². The Morgan fingerprint density at radius 1 is 1.53 bits per heavy atom. The quantitative estimate of drug-likeness (QED) is 0.847. The normalized spacial score (nSPS) is 20.4. The SMILES string of the molecule is CC(C)CNc1nc2c(s1)CCCC2C. The Morgan fingerprint density at radius 2 is 2.33 bits per heavy atom. The summed E-state index contributed by atoms with van der Waals surface area (Å²) in [5, 5.41) is 4.56. The third-order valence-electron chi connectivity index (χ3n) is 2.90. The minimum atomic E-state index is 0.666. The number of aryl methyl sites for hydroxylation is 1. The molecule has 84 valence electrons. The zero-order chi connectivity index (χ0) is 10.8. The molecule has 2 nitrogen and oxygen atoms in total. The molecule has 0 aromatic carbocycles. The van der Waals surface area contributed by atoms with E-state index in [1.165, 1.54) is 29.8 Å². The molecule has 1 aromatic rings. The molecule has 0 bridgehead atoms. The Bertz CT molecular complexity index is 330. The van der Waals surface area contributed by atoms with Crippen LogP contribution in [0.4, 0.5) is 5.13 Å². The Morgan fingerprint density at radius 3 is 3.00 bits per heavy atom. The maximum absolute atomic E-state index is 4.71. The number of anilines is 1. The highest BCUT2D eigenvalue weighted by Gasteiger charge is 2.21. The van der Waals surface area contributed by atoms with Crippen molar-refractivity contribution in [2.75, 3.05) is 11.9 Å². The van der Waals surface area contributed by atoms with Crippen LogP contribution in [0.15, 0.2) is 0 Å². The van der Waals surface area contributed by atoms with Gasteiger partial charge in [-0.15, -0.1) is 11.3 Å². The van der Waals surface area contributed by atoms with Gasteiger partial charge in [-0.3, -0.25) is 0 Å². The second-order valence-electron chi connectivity index (χ2n) is 4.90. The molecule has 1 atom stereocenters. The van der Waals surface area contributed by atoms with Gasteiger partial charge >= 0.3 is 0 Å². The lowest BCUT2D eigenvalue weighted by Crippen LogP contribution is -2.08. The zero-order valence-electron chi connectivity index (χ0n) is 9.84. The zero-order valence-corrected chi connectivity index (χ0v) is 10.7. The van der Waals surface area contributed by atoms with Gasteiger partial charge in [-0.05, 0) is 31.1 Å². The number of fused-ring (bicyclic) bond motifs is 1. The maximum Gasteiger partial charge on any atom is 0.183 e. The van der Waals surface area contributed by atoms with Gasteiger partial charge in [0.05, 0.1) is 5.69 Å². The largest absolute Gasteiger partial charge is 0.361 e. The summed E-state index contributed by atoms with van der Waals surface area (Å²) in [5.41, 5.74) is 1.36. The van der Waals surface area contributed by atoms with Gasteiger partial charge in [-0.1, -0.05) is 20.8 Å². The van der Waals surface area contributed by atoms with Gasteiger partial charge in [-0.25, -0.2) is 4.98 Å². The average molecular weight is 224 g/mol. The van der Waals surface area contributed by atoms with Crippen molar-refractivity contribution >= 4 is 16.5 Å². The highest BCUT2D eigenvalue weighted by atomic mass is 32.1. The molecule has 1 heterocycles. The fourth-order valence-electron chi connectivity index (χ4n) is 2.00. The van der Waals surface area contributed by atoms with Gasteiger partial charge in [0, 0.05) is 11.4 Å².